The zero-order valence-corrected chi connectivity index (χ0v) is 13.6. The summed E-state index contributed by atoms with van der Waals surface area (Å²) in [4.78, 5) is 4.01. The lowest BCUT2D eigenvalue weighted by Crippen LogP contribution is -2.44. The van der Waals surface area contributed by atoms with E-state index in [0.29, 0.717) is 6.42 Å². The maximum Gasteiger partial charge on any atom is 0.107 e. The van der Waals surface area contributed by atoms with Gasteiger partial charge in [-0.05, 0) is 36.2 Å². The normalized spacial score (nSPS) is 13.3. The molecule has 2 aromatic carbocycles. The van der Waals surface area contributed by atoms with Gasteiger partial charge in [0.25, 0.3) is 0 Å². The van der Waals surface area contributed by atoms with Gasteiger partial charge in [0.2, 0.25) is 0 Å². The van der Waals surface area contributed by atoms with Crippen molar-refractivity contribution in [2.24, 2.45) is 0 Å². The average molecular weight is 309 g/mol. The van der Waals surface area contributed by atoms with Crippen LogP contribution >= 0.6 is 0 Å². The molecule has 120 valence electrons. The highest BCUT2D eigenvalue weighted by Crippen LogP contribution is 2.25. The molecule has 0 aliphatic carbocycles. The van der Waals surface area contributed by atoms with Gasteiger partial charge in [-0.15, -0.1) is 0 Å². The minimum absolute atomic E-state index is 0.307. The third-order valence-electron chi connectivity index (χ3n) is 4.22. The van der Waals surface area contributed by atoms with Crippen molar-refractivity contribution in [2.75, 3.05) is 0 Å². The van der Waals surface area contributed by atoms with Crippen LogP contribution < -0.4 is 5.32 Å². The fourth-order valence-corrected chi connectivity index (χ4v) is 2.84. The van der Waals surface area contributed by atoms with Crippen molar-refractivity contribution in [3.05, 3.63) is 66.7 Å². The summed E-state index contributed by atoms with van der Waals surface area (Å²) in [6.45, 7) is 4.93. The van der Waals surface area contributed by atoms with Crippen molar-refractivity contribution in [3.8, 4) is 0 Å². The minimum Gasteiger partial charge on any atom is -0.379 e. The van der Waals surface area contributed by atoms with Gasteiger partial charge in [0, 0.05) is 30.9 Å². The number of aryl methyl sites for hydroxylation is 1. The van der Waals surface area contributed by atoms with Gasteiger partial charge < -0.3 is 9.67 Å². The largest absolute Gasteiger partial charge is 0.379 e. The number of aliphatic hydroxyl groups is 1. The first-order valence-corrected chi connectivity index (χ1v) is 7.95. The smallest absolute Gasteiger partial charge is 0.107 e. The minimum atomic E-state index is -0.570. The second-order valence-electron chi connectivity index (χ2n) is 6.44. The summed E-state index contributed by atoms with van der Waals surface area (Å²) in [7, 11) is 0. The van der Waals surface area contributed by atoms with Gasteiger partial charge >= 0.3 is 0 Å². The molecule has 1 heterocycles. The molecule has 0 amide bonds. The van der Waals surface area contributed by atoms with Gasteiger partial charge in [0.1, 0.15) is 6.23 Å². The third-order valence-corrected chi connectivity index (χ3v) is 4.22. The van der Waals surface area contributed by atoms with Crippen LogP contribution in [-0.4, -0.2) is 20.9 Å². The zero-order chi connectivity index (χ0) is 16.3. The van der Waals surface area contributed by atoms with Crippen LogP contribution in [0, 0.1) is 0 Å². The average Bonchev–Trinajstić information content (AvgIpc) is 3.05. The molecule has 3 aromatic rings. The number of hydrogen-bond donors (Lipinski definition) is 2. The maximum atomic E-state index is 10.3. The standard InChI is InChI=1S/C19H23N3O/c1-19(2,21-18(23)9-11-22-12-10-20-14-22)17-8-7-15-5-3-4-6-16(15)13-17/h3-8,10,12-14,18,21,23H,9,11H2,1-2H3. The Morgan fingerprint density at radius 2 is 1.96 bits per heavy atom. The Morgan fingerprint density at radius 3 is 2.70 bits per heavy atom. The molecule has 1 unspecified atom stereocenters. The van der Waals surface area contributed by atoms with Crippen LogP contribution in [0.3, 0.4) is 0 Å². The molecule has 0 bridgehead atoms. The van der Waals surface area contributed by atoms with Crippen molar-refractivity contribution >= 4 is 10.8 Å². The molecule has 3 rings (SSSR count). The number of benzene rings is 2. The summed E-state index contributed by atoms with van der Waals surface area (Å²) in [5.41, 5.74) is 0.858. The SMILES string of the molecule is CC(C)(NC(O)CCn1ccnc1)c1ccc2ccccc2c1. The van der Waals surface area contributed by atoms with Crippen molar-refractivity contribution in [2.45, 2.75) is 38.6 Å². The Labute approximate surface area is 136 Å². The Hall–Kier alpha value is -2.17. The van der Waals surface area contributed by atoms with Crippen LogP contribution in [0.25, 0.3) is 10.8 Å². The number of aromatic nitrogens is 2. The van der Waals surface area contributed by atoms with Gasteiger partial charge in [-0.2, -0.15) is 0 Å². The van der Waals surface area contributed by atoms with Gasteiger partial charge in [-0.25, -0.2) is 4.98 Å². The summed E-state index contributed by atoms with van der Waals surface area (Å²) in [6.07, 6.45) is 5.48. The van der Waals surface area contributed by atoms with E-state index < -0.39 is 6.23 Å². The molecule has 0 aliphatic rings. The summed E-state index contributed by atoms with van der Waals surface area (Å²) in [5.74, 6) is 0. The van der Waals surface area contributed by atoms with E-state index in [9.17, 15) is 5.11 Å². The molecule has 23 heavy (non-hydrogen) atoms. The molecule has 2 N–H and O–H groups in total. The number of nitrogens with one attached hydrogen (secondary N) is 1. The first kappa shape index (κ1) is 15.7. The van der Waals surface area contributed by atoms with Crippen molar-refractivity contribution in [1.82, 2.24) is 14.9 Å². The number of imidazole rings is 1. The highest BCUT2D eigenvalue weighted by atomic mass is 16.3. The molecule has 1 atom stereocenters. The molecular weight excluding hydrogens is 286 g/mol. The maximum absolute atomic E-state index is 10.3. The second-order valence-corrected chi connectivity index (χ2v) is 6.44. The van der Waals surface area contributed by atoms with E-state index in [-0.39, 0.29) is 5.54 Å². The molecule has 0 saturated carbocycles. The van der Waals surface area contributed by atoms with Crippen LogP contribution in [0.15, 0.2) is 61.2 Å². The van der Waals surface area contributed by atoms with Crippen LogP contribution in [-0.2, 0) is 12.1 Å². The predicted molar refractivity (Wildman–Crippen MR) is 93.0 cm³/mol. The molecule has 4 heteroatoms. The van der Waals surface area contributed by atoms with Gasteiger partial charge in [-0.3, -0.25) is 5.32 Å². The van der Waals surface area contributed by atoms with E-state index in [1.54, 1.807) is 12.5 Å². The van der Waals surface area contributed by atoms with Crippen molar-refractivity contribution in [3.63, 3.8) is 0 Å². The van der Waals surface area contributed by atoms with E-state index in [4.69, 9.17) is 0 Å². The Balaban J connectivity index is 1.68. The zero-order valence-electron chi connectivity index (χ0n) is 13.6. The third kappa shape index (κ3) is 3.78. The number of nitrogens with zero attached hydrogens (tertiary/aromatic N) is 2. The van der Waals surface area contributed by atoms with Crippen LogP contribution in [0.1, 0.15) is 25.8 Å². The molecular formula is C19H23N3O. The predicted octanol–water partition coefficient (Wildman–Crippen LogP) is 3.27. The summed E-state index contributed by atoms with van der Waals surface area (Å²) >= 11 is 0. The lowest BCUT2D eigenvalue weighted by Gasteiger charge is -2.30. The lowest BCUT2D eigenvalue weighted by atomic mass is 9.92. The Morgan fingerprint density at radius 1 is 1.17 bits per heavy atom. The first-order chi connectivity index (χ1) is 11.0. The van der Waals surface area contributed by atoms with E-state index in [2.05, 4.69) is 54.5 Å². The number of fused-ring (bicyclic) bond motifs is 1. The number of hydrogen-bond acceptors (Lipinski definition) is 3. The van der Waals surface area contributed by atoms with Crippen LogP contribution in [0.5, 0.6) is 0 Å². The van der Waals surface area contributed by atoms with E-state index >= 15 is 0 Å². The van der Waals surface area contributed by atoms with E-state index in [1.165, 1.54) is 10.8 Å². The molecule has 4 nitrogen and oxygen atoms in total. The monoisotopic (exact) mass is 309 g/mol. The van der Waals surface area contributed by atoms with Crippen LogP contribution in [0.2, 0.25) is 0 Å². The highest BCUT2D eigenvalue weighted by molar-refractivity contribution is 5.83. The quantitative estimate of drug-likeness (QED) is 0.687. The lowest BCUT2D eigenvalue weighted by molar-refractivity contribution is 0.0880. The molecule has 1 aromatic heterocycles. The Bertz CT molecular complexity index is 765. The first-order valence-electron chi connectivity index (χ1n) is 7.95. The summed E-state index contributed by atoms with van der Waals surface area (Å²) in [5, 5.41) is 16.1. The van der Waals surface area contributed by atoms with Gasteiger partial charge in [0.05, 0.1) is 6.33 Å². The van der Waals surface area contributed by atoms with Crippen molar-refractivity contribution < 1.29 is 5.11 Å². The fraction of sp³-hybridized carbons (Fsp3) is 0.316. The topological polar surface area (TPSA) is 50.1 Å². The number of aliphatic hydroxyl groups excluding tert-OH is 1. The molecule has 0 radical (unpaired) electrons. The summed E-state index contributed by atoms with van der Waals surface area (Å²) in [6, 6.07) is 14.8. The Kier molecular flexibility index (Phi) is 4.46. The molecule has 0 fully saturated rings. The number of rotatable bonds is 6. The molecule has 0 spiro atoms. The molecule has 0 aliphatic heterocycles. The second kappa shape index (κ2) is 6.52. The van der Waals surface area contributed by atoms with E-state index in [1.807, 2.05) is 22.9 Å². The summed E-state index contributed by atoms with van der Waals surface area (Å²) < 4.78 is 1.97. The molecule has 0 saturated heterocycles. The fourth-order valence-electron chi connectivity index (χ4n) is 2.84. The van der Waals surface area contributed by atoms with Crippen LogP contribution in [0.4, 0.5) is 0 Å². The van der Waals surface area contributed by atoms with Gasteiger partial charge in [0.15, 0.2) is 0 Å². The van der Waals surface area contributed by atoms with Gasteiger partial charge in [-0.1, -0.05) is 36.4 Å². The highest BCUT2D eigenvalue weighted by Gasteiger charge is 2.23. The van der Waals surface area contributed by atoms with E-state index in [0.717, 1.165) is 12.1 Å². The van der Waals surface area contributed by atoms with Crippen molar-refractivity contribution in [1.29, 1.82) is 0 Å².